The molecule has 0 atom stereocenters. The SMILES string of the molecule is CN(Cc1cccc(C#N)c1)c1ccc(CCl)cc1. The van der Waals surface area contributed by atoms with Crippen molar-refractivity contribution in [1.82, 2.24) is 0 Å². The molecule has 0 unspecified atom stereocenters. The van der Waals surface area contributed by atoms with Crippen LogP contribution in [0.1, 0.15) is 16.7 Å². The molecule has 2 rings (SSSR count). The van der Waals surface area contributed by atoms with Crippen molar-refractivity contribution in [2.45, 2.75) is 12.4 Å². The Kier molecular flexibility index (Phi) is 4.43. The van der Waals surface area contributed by atoms with Crippen molar-refractivity contribution in [3.63, 3.8) is 0 Å². The first-order chi connectivity index (χ1) is 9.22. The molecular weight excluding hydrogens is 256 g/mol. The third-order valence-electron chi connectivity index (χ3n) is 3.01. The van der Waals surface area contributed by atoms with Crippen LogP contribution >= 0.6 is 11.6 Å². The van der Waals surface area contributed by atoms with Gasteiger partial charge >= 0.3 is 0 Å². The van der Waals surface area contributed by atoms with Crippen molar-refractivity contribution in [1.29, 1.82) is 5.26 Å². The fourth-order valence-corrected chi connectivity index (χ4v) is 2.12. The zero-order valence-corrected chi connectivity index (χ0v) is 11.6. The van der Waals surface area contributed by atoms with Gasteiger partial charge < -0.3 is 4.90 Å². The van der Waals surface area contributed by atoms with Crippen LogP contribution in [0.3, 0.4) is 0 Å². The van der Waals surface area contributed by atoms with Gasteiger partial charge in [0, 0.05) is 25.2 Å². The van der Waals surface area contributed by atoms with Crippen molar-refractivity contribution in [3.05, 3.63) is 65.2 Å². The van der Waals surface area contributed by atoms with Crippen LogP contribution in [0.4, 0.5) is 5.69 Å². The summed E-state index contributed by atoms with van der Waals surface area (Å²) in [6.45, 7) is 0.774. The second-order valence-corrected chi connectivity index (χ2v) is 4.74. The molecule has 0 aliphatic rings. The minimum absolute atomic E-state index is 0.536. The smallest absolute Gasteiger partial charge is 0.0991 e. The number of benzene rings is 2. The summed E-state index contributed by atoms with van der Waals surface area (Å²) in [5, 5.41) is 8.89. The summed E-state index contributed by atoms with van der Waals surface area (Å²) >= 11 is 5.78. The first-order valence-electron chi connectivity index (χ1n) is 6.08. The minimum Gasteiger partial charge on any atom is -0.370 e. The van der Waals surface area contributed by atoms with E-state index < -0.39 is 0 Å². The van der Waals surface area contributed by atoms with Crippen LogP contribution in [0.2, 0.25) is 0 Å². The molecule has 0 amide bonds. The molecule has 0 spiro atoms. The van der Waals surface area contributed by atoms with E-state index >= 15 is 0 Å². The summed E-state index contributed by atoms with van der Waals surface area (Å²) in [5.74, 6) is 0.536. The number of alkyl halides is 1. The first kappa shape index (κ1) is 13.5. The average molecular weight is 271 g/mol. The van der Waals surface area contributed by atoms with Gasteiger partial charge in [0.1, 0.15) is 0 Å². The predicted octanol–water partition coefficient (Wildman–Crippen LogP) is 3.93. The van der Waals surface area contributed by atoms with Crippen molar-refractivity contribution < 1.29 is 0 Å². The largest absolute Gasteiger partial charge is 0.370 e. The molecule has 3 heteroatoms. The van der Waals surface area contributed by atoms with Crippen LogP contribution in [-0.2, 0) is 12.4 Å². The lowest BCUT2D eigenvalue weighted by atomic mass is 10.1. The molecular formula is C16H15ClN2. The Morgan fingerprint density at radius 1 is 1.11 bits per heavy atom. The summed E-state index contributed by atoms with van der Waals surface area (Å²) in [6.07, 6.45) is 0. The predicted molar refractivity (Wildman–Crippen MR) is 79.3 cm³/mol. The Hall–Kier alpha value is -1.98. The number of hydrogen-bond donors (Lipinski definition) is 0. The van der Waals surface area contributed by atoms with E-state index in [1.54, 1.807) is 0 Å². The maximum absolute atomic E-state index is 8.89. The van der Waals surface area contributed by atoms with Gasteiger partial charge in [-0.2, -0.15) is 5.26 Å². The molecule has 2 aromatic carbocycles. The average Bonchev–Trinajstić information content (AvgIpc) is 2.47. The maximum Gasteiger partial charge on any atom is 0.0991 e. The minimum atomic E-state index is 0.536. The van der Waals surface area contributed by atoms with E-state index in [-0.39, 0.29) is 0 Å². The van der Waals surface area contributed by atoms with Crippen LogP contribution in [0.5, 0.6) is 0 Å². The number of nitriles is 1. The van der Waals surface area contributed by atoms with Crippen molar-refractivity contribution in [2.75, 3.05) is 11.9 Å². The second kappa shape index (κ2) is 6.26. The van der Waals surface area contributed by atoms with Crippen LogP contribution in [-0.4, -0.2) is 7.05 Å². The molecule has 0 fully saturated rings. The van der Waals surface area contributed by atoms with E-state index in [0.717, 1.165) is 23.4 Å². The van der Waals surface area contributed by atoms with Gasteiger partial charge in [-0.05, 0) is 35.4 Å². The van der Waals surface area contributed by atoms with E-state index in [1.165, 1.54) is 0 Å². The third kappa shape index (κ3) is 3.49. The molecule has 2 aromatic rings. The van der Waals surface area contributed by atoms with Crippen LogP contribution in [0.15, 0.2) is 48.5 Å². The quantitative estimate of drug-likeness (QED) is 0.787. The lowest BCUT2D eigenvalue weighted by molar-refractivity contribution is 0.922. The highest BCUT2D eigenvalue weighted by Crippen LogP contribution is 2.17. The normalized spacial score (nSPS) is 9.95. The highest BCUT2D eigenvalue weighted by molar-refractivity contribution is 6.17. The molecule has 96 valence electrons. The summed E-state index contributed by atoms with van der Waals surface area (Å²) < 4.78 is 0. The maximum atomic E-state index is 8.89. The lowest BCUT2D eigenvalue weighted by Gasteiger charge is -2.19. The summed E-state index contributed by atoms with van der Waals surface area (Å²) in [6, 6.07) is 18.0. The highest BCUT2D eigenvalue weighted by Gasteiger charge is 2.03. The number of halogens is 1. The monoisotopic (exact) mass is 270 g/mol. The second-order valence-electron chi connectivity index (χ2n) is 4.47. The fraction of sp³-hybridized carbons (Fsp3) is 0.188. The number of nitrogens with zero attached hydrogens (tertiary/aromatic N) is 2. The van der Waals surface area contributed by atoms with E-state index in [0.29, 0.717) is 11.4 Å². The topological polar surface area (TPSA) is 27.0 Å². The third-order valence-corrected chi connectivity index (χ3v) is 3.32. The highest BCUT2D eigenvalue weighted by atomic mass is 35.5. The number of rotatable bonds is 4. The van der Waals surface area contributed by atoms with Gasteiger partial charge in [-0.15, -0.1) is 11.6 Å². The van der Waals surface area contributed by atoms with E-state index in [4.69, 9.17) is 16.9 Å². The van der Waals surface area contributed by atoms with Gasteiger partial charge in [0.2, 0.25) is 0 Å². The van der Waals surface area contributed by atoms with Crippen LogP contribution in [0, 0.1) is 11.3 Å². The van der Waals surface area contributed by atoms with Gasteiger partial charge in [0.25, 0.3) is 0 Å². The standard InChI is InChI=1S/C16H15ClN2/c1-19(16-7-5-13(10-17)6-8-16)12-15-4-2-3-14(9-15)11-18/h2-9H,10,12H2,1H3. The molecule has 19 heavy (non-hydrogen) atoms. The zero-order chi connectivity index (χ0) is 13.7. The summed E-state index contributed by atoms with van der Waals surface area (Å²) in [4.78, 5) is 2.15. The molecule has 2 nitrogen and oxygen atoms in total. The number of anilines is 1. The molecule has 0 N–H and O–H groups in total. The summed E-state index contributed by atoms with van der Waals surface area (Å²) in [5.41, 5.74) is 4.08. The van der Waals surface area contributed by atoms with Crippen LogP contribution in [0.25, 0.3) is 0 Å². The van der Waals surface area contributed by atoms with Crippen LogP contribution < -0.4 is 4.90 Å². The Morgan fingerprint density at radius 3 is 2.47 bits per heavy atom. The molecule has 0 saturated heterocycles. The molecule has 0 radical (unpaired) electrons. The number of hydrogen-bond acceptors (Lipinski definition) is 2. The Bertz CT molecular complexity index is 584. The molecule has 0 aliphatic carbocycles. The van der Waals surface area contributed by atoms with Gasteiger partial charge in [-0.1, -0.05) is 24.3 Å². The van der Waals surface area contributed by atoms with Gasteiger partial charge in [-0.25, -0.2) is 0 Å². The molecule has 0 aliphatic heterocycles. The summed E-state index contributed by atoms with van der Waals surface area (Å²) in [7, 11) is 2.04. The van der Waals surface area contributed by atoms with Gasteiger partial charge in [0.15, 0.2) is 0 Å². The zero-order valence-electron chi connectivity index (χ0n) is 10.8. The van der Waals surface area contributed by atoms with Gasteiger partial charge in [-0.3, -0.25) is 0 Å². The molecule has 0 bridgehead atoms. The Morgan fingerprint density at radius 2 is 1.84 bits per heavy atom. The van der Waals surface area contributed by atoms with E-state index in [2.05, 4.69) is 23.1 Å². The lowest BCUT2D eigenvalue weighted by Crippen LogP contribution is -2.16. The first-order valence-corrected chi connectivity index (χ1v) is 6.61. The van der Waals surface area contributed by atoms with Gasteiger partial charge in [0.05, 0.1) is 11.6 Å². The van der Waals surface area contributed by atoms with E-state index in [9.17, 15) is 0 Å². The molecule has 0 heterocycles. The molecule has 0 aromatic heterocycles. The van der Waals surface area contributed by atoms with E-state index in [1.807, 2.05) is 43.4 Å². The molecule has 0 saturated carbocycles. The fourth-order valence-electron chi connectivity index (χ4n) is 1.94. The van der Waals surface area contributed by atoms with Crippen molar-refractivity contribution in [2.24, 2.45) is 0 Å². The van der Waals surface area contributed by atoms with Crippen molar-refractivity contribution in [3.8, 4) is 6.07 Å². The Balaban J connectivity index is 2.11. The Labute approximate surface area is 118 Å². The van der Waals surface area contributed by atoms with Crippen molar-refractivity contribution >= 4 is 17.3 Å².